The highest BCUT2D eigenvalue weighted by atomic mass is 35.7. The molecule has 1 saturated carbocycles. The Kier molecular flexibility index (Phi) is 4.36. The van der Waals surface area contributed by atoms with E-state index >= 15 is 0 Å². The summed E-state index contributed by atoms with van der Waals surface area (Å²) in [5, 5.41) is 0. The fraction of sp³-hybridized carbons (Fsp3) is 0.875. The van der Waals surface area contributed by atoms with E-state index in [4.69, 9.17) is 10.7 Å². The minimum atomic E-state index is -3.85. The standard InChI is InChI=1S/C8H14ClNO4S/c1-14-8(11)6-10(15(9,12)13)7-4-2-3-5-7/h7H,2-6H2,1H3. The lowest BCUT2D eigenvalue weighted by atomic mass is 10.2. The van der Waals surface area contributed by atoms with Crippen LogP contribution in [0.3, 0.4) is 0 Å². The second kappa shape index (κ2) is 5.14. The van der Waals surface area contributed by atoms with Gasteiger partial charge in [0.2, 0.25) is 0 Å². The molecular weight excluding hydrogens is 242 g/mol. The van der Waals surface area contributed by atoms with E-state index in [2.05, 4.69) is 4.74 Å². The molecule has 1 rings (SSSR count). The first-order chi connectivity index (χ1) is 6.95. The number of rotatable bonds is 4. The van der Waals surface area contributed by atoms with Crippen molar-refractivity contribution in [2.24, 2.45) is 0 Å². The number of carbonyl (C=O) groups excluding carboxylic acids is 1. The van der Waals surface area contributed by atoms with Crippen molar-refractivity contribution in [2.75, 3.05) is 13.7 Å². The first kappa shape index (κ1) is 12.7. The Morgan fingerprint density at radius 1 is 1.47 bits per heavy atom. The maximum absolute atomic E-state index is 11.3. The second-order valence-electron chi connectivity index (χ2n) is 3.50. The maximum Gasteiger partial charge on any atom is 0.321 e. The molecule has 0 aromatic rings. The van der Waals surface area contributed by atoms with Crippen LogP contribution in [0.2, 0.25) is 0 Å². The van der Waals surface area contributed by atoms with Gasteiger partial charge in [-0.05, 0) is 12.8 Å². The third-order valence-corrected chi connectivity index (χ3v) is 4.04. The Morgan fingerprint density at radius 3 is 2.40 bits per heavy atom. The van der Waals surface area contributed by atoms with Gasteiger partial charge in [0.1, 0.15) is 6.54 Å². The van der Waals surface area contributed by atoms with Crippen LogP contribution in [0, 0.1) is 0 Å². The molecule has 0 amide bonds. The Hall–Kier alpha value is -0.330. The van der Waals surface area contributed by atoms with Gasteiger partial charge in [-0.25, -0.2) is 0 Å². The van der Waals surface area contributed by atoms with Crippen molar-refractivity contribution in [1.29, 1.82) is 0 Å². The van der Waals surface area contributed by atoms with E-state index in [9.17, 15) is 13.2 Å². The lowest BCUT2D eigenvalue weighted by molar-refractivity contribution is -0.141. The average Bonchev–Trinajstić information content (AvgIpc) is 2.64. The van der Waals surface area contributed by atoms with Crippen molar-refractivity contribution in [3.8, 4) is 0 Å². The maximum atomic E-state index is 11.3. The molecule has 88 valence electrons. The van der Waals surface area contributed by atoms with Gasteiger partial charge >= 0.3 is 15.2 Å². The van der Waals surface area contributed by atoms with Crippen LogP contribution in [0.25, 0.3) is 0 Å². The SMILES string of the molecule is COC(=O)CN(C1CCCC1)S(=O)(=O)Cl. The van der Waals surface area contributed by atoms with Crippen molar-refractivity contribution >= 4 is 25.9 Å². The van der Waals surface area contributed by atoms with Gasteiger partial charge in [-0.3, -0.25) is 4.79 Å². The monoisotopic (exact) mass is 255 g/mol. The number of nitrogens with zero attached hydrogens (tertiary/aromatic N) is 1. The molecule has 1 aliphatic carbocycles. The van der Waals surface area contributed by atoms with Crippen LogP contribution in [0.5, 0.6) is 0 Å². The molecule has 0 aliphatic heterocycles. The van der Waals surface area contributed by atoms with Crippen LogP contribution < -0.4 is 0 Å². The van der Waals surface area contributed by atoms with Crippen molar-refractivity contribution in [2.45, 2.75) is 31.7 Å². The minimum absolute atomic E-state index is 0.161. The summed E-state index contributed by atoms with van der Waals surface area (Å²) >= 11 is 0. The predicted molar refractivity (Wildman–Crippen MR) is 55.8 cm³/mol. The molecule has 0 spiro atoms. The number of halogens is 1. The third-order valence-electron chi connectivity index (χ3n) is 2.52. The van der Waals surface area contributed by atoms with E-state index in [0.717, 1.165) is 30.0 Å². The zero-order valence-electron chi connectivity index (χ0n) is 8.48. The molecule has 7 heteroatoms. The molecule has 0 radical (unpaired) electrons. The van der Waals surface area contributed by atoms with Crippen molar-refractivity contribution < 1.29 is 17.9 Å². The van der Waals surface area contributed by atoms with Gasteiger partial charge in [0.25, 0.3) is 0 Å². The second-order valence-corrected chi connectivity index (χ2v) is 5.96. The summed E-state index contributed by atoms with van der Waals surface area (Å²) in [6, 6.07) is -0.161. The first-order valence-corrected chi connectivity index (χ1v) is 7.00. The lowest BCUT2D eigenvalue weighted by Crippen LogP contribution is -2.40. The van der Waals surface area contributed by atoms with Crippen LogP contribution in [0.1, 0.15) is 25.7 Å². The molecule has 15 heavy (non-hydrogen) atoms. The van der Waals surface area contributed by atoms with Crippen LogP contribution in [0.4, 0.5) is 0 Å². The molecule has 1 fully saturated rings. The van der Waals surface area contributed by atoms with Gasteiger partial charge in [0.15, 0.2) is 0 Å². The van der Waals surface area contributed by atoms with E-state index in [1.807, 2.05) is 0 Å². The molecule has 0 aromatic carbocycles. The zero-order valence-corrected chi connectivity index (χ0v) is 10.1. The Morgan fingerprint density at radius 2 is 2.00 bits per heavy atom. The van der Waals surface area contributed by atoms with Gasteiger partial charge in [0, 0.05) is 16.7 Å². The minimum Gasteiger partial charge on any atom is -0.468 e. The number of methoxy groups -OCH3 is 1. The highest BCUT2D eigenvalue weighted by Crippen LogP contribution is 2.26. The predicted octanol–water partition coefficient (Wildman–Crippen LogP) is 0.888. The Balaban J connectivity index is 2.73. The zero-order chi connectivity index (χ0) is 11.5. The fourth-order valence-electron chi connectivity index (χ4n) is 1.77. The van der Waals surface area contributed by atoms with Gasteiger partial charge < -0.3 is 4.74 Å². The van der Waals surface area contributed by atoms with Crippen molar-refractivity contribution in [1.82, 2.24) is 4.31 Å². The van der Waals surface area contributed by atoms with Crippen LogP contribution in [-0.2, 0) is 18.8 Å². The summed E-state index contributed by atoms with van der Waals surface area (Å²) in [5.74, 6) is -0.592. The van der Waals surface area contributed by atoms with Gasteiger partial charge in [-0.2, -0.15) is 12.7 Å². The molecule has 0 heterocycles. The topological polar surface area (TPSA) is 63.7 Å². The van der Waals surface area contributed by atoms with Crippen LogP contribution in [-0.4, -0.2) is 38.4 Å². The number of esters is 1. The average molecular weight is 256 g/mol. The van der Waals surface area contributed by atoms with Crippen molar-refractivity contribution in [3.05, 3.63) is 0 Å². The highest BCUT2D eigenvalue weighted by molar-refractivity contribution is 8.11. The molecule has 0 atom stereocenters. The van der Waals surface area contributed by atoms with Crippen molar-refractivity contribution in [3.63, 3.8) is 0 Å². The fourth-order valence-corrected chi connectivity index (χ4v) is 3.08. The van der Waals surface area contributed by atoms with Gasteiger partial charge in [-0.1, -0.05) is 12.8 Å². The van der Waals surface area contributed by atoms with E-state index in [-0.39, 0.29) is 12.6 Å². The quantitative estimate of drug-likeness (QED) is 0.553. The molecule has 1 aliphatic rings. The third kappa shape index (κ3) is 3.62. The first-order valence-electron chi connectivity index (χ1n) is 4.73. The van der Waals surface area contributed by atoms with Gasteiger partial charge in [0.05, 0.1) is 7.11 Å². The summed E-state index contributed by atoms with van der Waals surface area (Å²) in [6.07, 6.45) is 3.44. The van der Waals surface area contributed by atoms with E-state index in [1.54, 1.807) is 0 Å². The number of carbonyl (C=O) groups is 1. The number of hydrogen-bond acceptors (Lipinski definition) is 4. The number of hydrogen-bond donors (Lipinski definition) is 0. The normalized spacial score (nSPS) is 18.3. The Bertz CT molecular complexity index is 324. The van der Waals surface area contributed by atoms with Crippen LogP contribution in [0.15, 0.2) is 0 Å². The van der Waals surface area contributed by atoms with E-state index in [1.165, 1.54) is 7.11 Å². The van der Waals surface area contributed by atoms with E-state index < -0.39 is 15.2 Å². The molecular formula is C8H14ClNO4S. The summed E-state index contributed by atoms with van der Waals surface area (Å²) in [6.45, 7) is -0.299. The largest absolute Gasteiger partial charge is 0.468 e. The molecule has 5 nitrogen and oxygen atoms in total. The molecule has 0 bridgehead atoms. The highest BCUT2D eigenvalue weighted by Gasteiger charge is 2.32. The summed E-state index contributed by atoms with van der Waals surface area (Å²) in [4.78, 5) is 11.0. The summed E-state index contributed by atoms with van der Waals surface area (Å²) in [5.41, 5.74) is 0. The number of ether oxygens (including phenoxy) is 1. The molecule has 0 saturated heterocycles. The smallest absolute Gasteiger partial charge is 0.321 e. The summed E-state index contributed by atoms with van der Waals surface area (Å²) in [7, 11) is 2.64. The van der Waals surface area contributed by atoms with Crippen LogP contribution >= 0.6 is 10.7 Å². The van der Waals surface area contributed by atoms with Gasteiger partial charge in [-0.15, -0.1) is 0 Å². The Labute approximate surface area is 93.9 Å². The molecule has 0 aromatic heterocycles. The molecule has 0 unspecified atom stereocenters. The summed E-state index contributed by atoms with van der Waals surface area (Å²) < 4.78 is 28.0. The lowest BCUT2D eigenvalue weighted by Gasteiger charge is -2.23. The molecule has 0 N–H and O–H groups in total. The van der Waals surface area contributed by atoms with E-state index in [0.29, 0.717) is 0 Å².